The lowest BCUT2D eigenvalue weighted by atomic mass is 9.81. The van der Waals surface area contributed by atoms with Gasteiger partial charge in [0.05, 0.1) is 18.6 Å². The zero-order chi connectivity index (χ0) is 12.5. The number of hydrogen-bond donors (Lipinski definition) is 0. The molecule has 2 atom stereocenters. The lowest BCUT2D eigenvalue weighted by Gasteiger charge is -2.27. The highest BCUT2D eigenvalue weighted by Gasteiger charge is 2.40. The molecule has 6 heteroatoms. The molecule has 6 nitrogen and oxygen atoms in total. The fourth-order valence-corrected chi connectivity index (χ4v) is 2.40. The number of hydrogen-bond acceptors (Lipinski definition) is 5. The van der Waals surface area contributed by atoms with E-state index in [1.807, 2.05) is 0 Å². The zero-order valence-electron chi connectivity index (χ0n) is 9.52. The van der Waals surface area contributed by atoms with Gasteiger partial charge in [-0.1, -0.05) is 0 Å². The van der Waals surface area contributed by atoms with E-state index in [-0.39, 0.29) is 23.9 Å². The summed E-state index contributed by atoms with van der Waals surface area (Å²) in [7, 11) is 0. The van der Waals surface area contributed by atoms with Gasteiger partial charge in [-0.2, -0.15) is 5.10 Å². The van der Waals surface area contributed by atoms with Crippen LogP contribution in [0.1, 0.15) is 30.6 Å². The maximum Gasteiger partial charge on any atom is 0.165 e. The molecule has 92 valence electrons. The van der Waals surface area contributed by atoms with Crippen LogP contribution in [0.15, 0.2) is 35.5 Å². The number of aromatic nitrogens is 3. The summed E-state index contributed by atoms with van der Waals surface area (Å²) >= 11 is 0. The molecule has 1 fully saturated rings. The molecule has 2 heterocycles. The minimum atomic E-state index is -0.503. The van der Waals surface area contributed by atoms with Crippen molar-refractivity contribution >= 4 is 11.6 Å². The third-order valence-electron chi connectivity index (χ3n) is 3.16. The van der Waals surface area contributed by atoms with Gasteiger partial charge in [0.25, 0.3) is 0 Å². The predicted molar refractivity (Wildman–Crippen MR) is 59.8 cm³/mol. The first-order chi connectivity index (χ1) is 8.75. The van der Waals surface area contributed by atoms with Gasteiger partial charge in [-0.05, 0) is 12.1 Å². The molecule has 0 saturated heterocycles. The summed E-state index contributed by atoms with van der Waals surface area (Å²) in [5.41, 5.74) is 0. The van der Waals surface area contributed by atoms with Crippen molar-refractivity contribution in [2.24, 2.45) is 0 Å². The highest BCUT2D eigenvalue weighted by atomic mass is 16.3. The van der Waals surface area contributed by atoms with Gasteiger partial charge in [0.1, 0.15) is 30.2 Å². The van der Waals surface area contributed by atoms with Crippen LogP contribution in [-0.2, 0) is 9.59 Å². The molecule has 0 N–H and O–H groups in total. The third-order valence-corrected chi connectivity index (χ3v) is 3.16. The average Bonchev–Trinajstić information content (AvgIpc) is 3.01. The molecule has 3 rings (SSSR count). The second-order valence-corrected chi connectivity index (χ2v) is 4.33. The first-order valence-corrected chi connectivity index (χ1v) is 5.67. The maximum atomic E-state index is 12.1. The van der Waals surface area contributed by atoms with Crippen LogP contribution in [0.25, 0.3) is 0 Å². The predicted octanol–water partition coefficient (Wildman–Crippen LogP) is 1.13. The Morgan fingerprint density at radius 3 is 2.94 bits per heavy atom. The van der Waals surface area contributed by atoms with E-state index in [0.29, 0.717) is 12.2 Å². The molecular formula is C12H11N3O3. The fourth-order valence-electron chi connectivity index (χ4n) is 2.40. The van der Waals surface area contributed by atoms with E-state index in [2.05, 4.69) is 10.1 Å². The summed E-state index contributed by atoms with van der Waals surface area (Å²) in [4.78, 5) is 27.5. The Morgan fingerprint density at radius 2 is 2.28 bits per heavy atom. The second kappa shape index (κ2) is 4.21. The Bertz CT molecular complexity index is 559. The van der Waals surface area contributed by atoms with Gasteiger partial charge in [0.15, 0.2) is 5.78 Å². The first kappa shape index (κ1) is 10.9. The van der Waals surface area contributed by atoms with Gasteiger partial charge >= 0.3 is 0 Å². The van der Waals surface area contributed by atoms with E-state index >= 15 is 0 Å². The molecule has 0 bridgehead atoms. The number of carbonyl (C=O) groups excluding carboxylic acids is 2. The maximum absolute atomic E-state index is 12.1. The van der Waals surface area contributed by atoms with Gasteiger partial charge in [-0.3, -0.25) is 9.59 Å². The van der Waals surface area contributed by atoms with Crippen molar-refractivity contribution < 1.29 is 14.0 Å². The molecule has 0 radical (unpaired) electrons. The van der Waals surface area contributed by atoms with Gasteiger partial charge in [0, 0.05) is 6.42 Å². The summed E-state index contributed by atoms with van der Waals surface area (Å²) in [5.74, 6) is 0.142. The van der Waals surface area contributed by atoms with Crippen LogP contribution in [0, 0.1) is 0 Å². The number of nitrogens with zero attached hydrogens (tertiary/aromatic N) is 3. The lowest BCUT2D eigenvalue weighted by molar-refractivity contribution is -0.133. The minimum absolute atomic E-state index is 0.0399. The molecule has 1 saturated carbocycles. The monoisotopic (exact) mass is 245 g/mol. The third kappa shape index (κ3) is 1.75. The molecule has 18 heavy (non-hydrogen) atoms. The summed E-state index contributed by atoms with van der Waals surface area (Å²) in [6, 6.07) is 3.02. The summed E-state index contributed by atoms with van der Waals surface area (Å²) in [5, 5.41) is 4.01. The summed E-state index contributed by atoms with van der Waals surface area (Å²) in [6.45, 7) is 0. The highest BCUT2D eigenvalue weighted by molar-refractivity contribution is 6.04. The molecule has 2 aromatic rings. The second-order valence-electron chi connectivity index (χ2n) is 4.33. The van der Waals surface area contributed by atoms with Gasteiger partial charge in [-0.25, -0.2) is 9.67 Å². The van der Waals surface area contributed by atoms with Crippen molar-refractivity contribution in [1.82, 2.24) is 14.8 Å². The molecule has 1 aliphatic rings. The topological polar surface area (TPSA) is 78.0 Å². The Hall–Kier alpha value is -2.24. The van der Waals surface area contributed by atoms with Gasteiger partial charge in [0.2, 0.25) is 0 Å². The SMILES string of the molecule is O=C1CC(=O)[C@H](n2cncn2)[C@H](c2ccco2)C1. The summed E-state index contributed by atoms with van der Waals surface area (Å²) in [6.07, 6.45) is 4.67. The van der Waals surface area contributed by atoms with Crippen molar-refractivity contribution in [3.05, 3.63) is 36.8 Å². The zero-order valence-corrected chi connectivity index (χ0v) is 9.52. The number of carbonyl (C=O) groups is 2. The van der Waals surface area contributed by atoms with Gasteiger partial charge < -0.3 is 4.42 Å². The van der Waals surface area contributed by atoms with Crippen LogP contribution >= 0.6 is 0 Å². The average molecular weight is 245 g/mol. The standard InChI is InChI=1S/C12H11N3O3/c16-8-4-9(11-2-1-3-18-11)12(10(17)5-8)15-7-13-6-14-15/h1-3,6-7,9,12H,4-5H2/t9-,12+/m0/s1. The molecule has 0 aromatic carbocycles. The largest absolute Gasteiger partial charge is 0.469 e. The molecule has 1 aliphatic carbocycles. The van der Waals surface area contributed by atoms with E-state index in [1.165, 1.54) is 23.6 Å². The quantitative estimate of drug-likeness (QED) is 0.741. The molecule has 2 aromatic heterocycles. The van der Waals surface area contributed by atoms with Crippen LogP contribution in [-0.4, -0.2) is 26.3 Å². The van der Waals surface area contributed by atoms with Crippen LogP contribution in [0.4, 0.5) is 0 Å². The fraction of sp³-hybridized carbons (Fsp3) is 0.333. The molecule has 0 spiro atoms. The molecule has 0 aliphatic heterocycles. The van der Waals surface area contributed by atoms with E-state index in [1.54, 1.807) is 12.1 Å². The van der Waals surface area contributed by atoms with Crippen molar-refractivity contribution in [3.8, 4) is 0 Å². The number of Topliss-reactive ketones (excluding diaryl/α,β-unsaturated/α-hetero) is 2. The number of rotatable bonds is 2. The first-order valence-electron chi connectivity index (χ1n) is 5.67. The molecular weight excluding hydrogens is 234 g/mol. The van der Waals surface area contributed by atoms with Crippen molar-refractivity contribution in [3.63, 3.8) is 0 Å². The number of furan rings is 1. The Labute approximate surface area is 103 Å². The van der Waals surface area contributed by atoms with E-state index in [4.69, 9.17) is 4.42 Å². The minimum Gasteiger partial charge on any atom is -0.469 e. The molecule has 0 unspecified atom stereocenters. The van der Waals surface area contributed by atoms with Gasteiger partial charge in [-0.15, -0.1) is 0 Å². The normalized spacial score (nSPS) is 24.4. The number of ketones is 2. The van der Waals surface area contributed by atoms with E-state index in [9.17, 15) is 9.59 Å². The van der Waals surface area contributed by atoms with Crippen molar-refractivity contribution in [2.45, 2.75) is 24.8 Å². The van der Waals surface area contributed by atoms with Crippen LogP contribution in [0.2, 0.25) is 0 Å². The highest BCUT2D eigenvalue weighted by Crippen LogP contribution is 2.37. The smallest absolute Gasteiger partial charge is 0.165 e. The summed E-state index contributed by atoms with van der Waals surface area (Å²) < 4.78 is 6.83. The van der Waals surface area contributed by atoms with Crippen LogP contribution < -0.4 is 0 Å². The van der Waals surface area contributed by atoms with E-state index < -0.39 is 6.04 Å². The van der Waals surface area contributed by atoms with Crippen molar-refractivity contribution in [1.29, 1.82) is 0 Å². The van der Waals surface area contributed by atoms with Crippen molar-refractivity contribution in [2.75, 3.05) is 0 Å². The van der Waals surface area contributed by atoms with Crippen LogP contribution in [0.5, 0.6) is 0 Å². The Kier molecular flexibility index (Phi) is 2.55. The Morgan fingerprint density at radius 1 is 1.39 bits per heavy atom. The molecule has 0 amide bonds. The lowest BCUT2D eigenvalue weighted by Crippen LogP contribution is -2.34. The Balaban J connectivity index is 2.01. The van der Waals surface area contributed by atoms with E-state index in [0.717, 1.165) is 0 Å². The van der Waals surface area contributed by atoms with Crippen LogP contribution in [0.3, 0.4) is 0 Å².